The van der Waals surface area contributed by atoms with Crippen molar-refractivity contribution in [2.24, 2.45) is 0 Å². The van der Waals surface area contributed by atoms with Crippen molar-refractivity contribution in [1.29, 1.82) is 0 Å². The van der Waals surface area contributed by atoms with Gasteiger partial charge in [-0.3, -0.25) is 24.3 Å². The number of carbonyl (C=O) groups excluding carboxylic acids is 2. The Labute approximate surface area is 236 Å². The molecule has 1 aliphatic heterocycles. The predicted octanol–water partition coefficient (Wildman–Crippen LogP) is 4.86. The summed E-state index contributed by atoms with van der Waals surface area (Å²) in [7, 11) is 0. The molecule has 5 rings (SSSR count). The van der Waals surface area contributed by atoms with Gasteiger partial charge < -0.3 is 10.2 Å². The van der Waals surface area contributed by atoms with Crippen molar-refractivity contribution in [2.45, 2.75) is 25.0 Å². The van der Waals surface area contributed by atoms with Crippen molar-refractivity contribution in [2.75, 3.05) is 17.2 Å². The zero-order chi connectivity index (χ0) is 27.5. The van der Waals surface area contributed by atoms with Crippen LogP contribution in [0.2, 0.25) is 0 Å². The summed E-state index contributed by atoms with van der Waals surface area (Å²) in [4.78, 5) is 38.5. The highest BCUT2D eigenvalue weighted by atomic mass is 79.9. The molecule has 1 aromatic heterocycles. The summed E-state index contributed by atoms with van der Waals surface area (Å²) in [5.41, 5.74) is 3.39. The molecular weight excluding hydrogens is 584 g/mol. The Bertz CT molecular complexity index is 1570. The van der Waals surface area contributed by atoms with Crippen molar-refractivity contribution in [3.63, 3.8) is 0 Å². The van der Waals surface area contributed by atoms with Gasteiger partial charge in [-0.15, -0.1) is 10.2 Å². The molecule has 12 heteroatoms. The third-order valence-corrected chi connectivity index (χ3v) is 7.82. The lowest BCUT2D eigenvalue weighted by molar-refractivity contribution is -0.385. The Kier molecular flexibility index (Phi) is 7.75. The predicted molar refractivity (Wildman–Crippen MR) is 151 cm³/mol. The number of thioether (sulfide) groups is 1. The fraction of sp³-hybridized carbons (Fsp3) is 0.185. The maximum absolute atomic E-state index is 13.1. The first kappa shape index (κ1) is 26.6. The van der Waals surface area contributed by atoms with Gasteiger partial charge in [0.1, 0.15) is 0 Å². The van der Waals surface area contributed by atoms with E-state index in [-0.39, 0.29) is 29.5 Å². The Balaban J connectivity index is 1.34. The molecule has 0 spiro atoms. The van der Waals surface area contributed by atoms with Crippen LogP contribution in [0.15, 0.2) is 76.4 Å². The van der Waals surface area contributed by atoms with Gasteiger partial charge in [-0.1, -0.05) is 52.0 Å². The summed E-state index contributed by atoms with van der Waals surface area (Å²) in [6.45, 7) is 2.29. The van der Waals surface area contributed by atoms with Crippen LogP contribution in [0.4, 0.5) is 11.4 Å². The molecule has 0 atom stereocenters. The van der Waals surface area contributed by atoms with Crippen molar-refractivity contribution in [3.05, 3.63) is 104 Å². The van der Waals surface area contributed by atoms with Gasteiger partial charge in [0.15, 0.2) is 11.0 Å². The van der Waals surface area contributed by atoms with Crippen molar-refractivity contribution < 1.29 is 14.5 Å². The number of aromatic nitrogens is 3. The second-order valence-corrected chi connectivity index (χ2v) is 10.7. The van der Waals surface area contributed by atoms with Crippen molar-refractivity contribution >= 4 is 50.9 Å². The molecule has 0 saturated heterocycles. The lowest BCUT2D eigenvalue weighted by Crippen LogP contribution is -2.30. The van der Waals surface area contributed by atoms with E-state index in [0.717, 1.165) is 27.8 Å². The molecule has 1 aliphatic rings. The van der Waals surface area contributed by atoms with Crippen LogP contribution < -0.4 is 10.2 Å². The van der Waals surface area contributed by atoms with E-state index in [1.807, 2.05) is 48.5 Å². The number of benzene rings is 3. The molecule has 10 nitrogen and oxygen atoms in total. The molecule has 4 aromatic rings. The number of anilines is 1. The zero-order valence-electron chi connectivity index (χ0n) is 20.8. The molecule has 198 valence electrons. The highest BCUT2D eigenvalue weighted by molar-refractivity contribution is 9.10. The molecule has 3 aromatic carbocycles. The molecule has 0 fully saturated rings. The number of fused-ring (bicyclic) bond motifs is 1. The summed E-state index contributed by atoms with van der Waals surface area (Å²) in [5, 5.41) is 23.2. The zero-order valence-corrected chi connectivity index (χ0v) is 23.2. The lowest BCUT2D eigenvalue weighted by Gasteiger charge is -2.17. The number of nitro benzene ring substituents is 1. The van der Waals surface area contributed by atoms with Crippen LogP contribution in [0.1, 0.15) is 27.3 Å². The first-order chi connectivity index (χ1) is 18.8. The summed E-state index contributed by atoms with van der Waals surface area (Å²) in [6.07, 6.45) is 0.829. The number of para-hydroxylation sites is 1. The summed E-state index contributed by atoms with van der Waals surface area (Å²) in [5.74, 6) is 0.128. The van der Waals surface area contributed by atoms with Crippen molar-refractivity contribution in [3.8, 4) is 5.69 Å². The molecule has 0 aliphatic carbocycles. The molecule has 0 bridgehead atoms. The van der Waals surface area contributed by atoms with Gasteiger partial charge in [-0.2, -0.15) is 0 Å². The summed E-state index contributed by atoms with van der Waals surface area (Å²) in [6, 6.07) is 19.8. The van der Waals surface area contributed by atoms with E-state index in [1.54, 1.807) is 28.5 Å². The molecule has 0 saturated carbocycles. The number of hydrogen-bond acceptors (Lipinski definition) is 7. The van der Waals surface area contributed by atoms with Gasteiger partial charge in [0, 0.05) is 39.6 Å². The maximum Gasteiger partial charge on any atom is 0.273 e. The lowest BCUT2D eigenvalue weighted by atomic mass is 10.1. The van der Waals surface area contributed by atoms with E-state index in [1.165, 1.54) is 17.8 Å². The first-order valence-corrected chi connectivity index (χ1v) is 13.8. The van der Waals surface area contributed by atoms with Crippen LogP contribution in [0.25, 0.3) is 5.69 Å². The Morgan fingerprint density at radius 3 is 2.64 bits per heavy atom. The number of aryl methyl sites for hydroxylation is 1. The van der Waals surface area contributed by atoms with E-state index < -0.39 is 10.8 Å². The first-order valence-electron chi connectivity index (χ1n) is 12.1. The van der Waals surface area contributed by atoms with Crippen LogP contribution in [0, 0.1) is 17.0 Å². The molecule has 2 amide bonds. The van der Waals surface area contributed by atoms with E-state index in [9.17, 15) is 19.7 Å². The Hall–Kier alpha value is -4.03. The fourth-order valence-corrected chi connectivity index (χ4v) is 5.48. The van der Waals surface area contributed by atoms with Gasteiger partial charge in [0.2, 0.25) is 5.91 Å². The van der Waals surface area contributed by atoms with Gasteiger partial charge >= 0.3 is 0 Å². The largest absolute Gasteiger partial charge is 0.345 e. The number of carbonyl (C=O) groups is 2. The average Bonchev–Trinajstić information content (AvgIpc) is 3.55. The molecule has 2 heterocycles. The standard InChI is InChI=1S/C27H23BrN6O4S/c1-17-6-7-19(14-23(17)34(37)38)26(36)29-15-24-30-31-27(33(24)21-10-8-20(28)9-11-21)39-16-25(35)32-13-12-18-4-2-3-5-22(18)32/h2-11,14H,12-13,15-16H2,1H3,(H,29,36). The van der Waals surface area contributed by atoms with Crippen LogP contribution in [0.3, 0.4) is 0 Å². The Morgan fingerprint density at radius 2 is 1.87 bits per heavy atom. The van der Waals surface area contributed by atoms with Crippen LogP contribution in [0.5, 0.6) is 0 Å². The average molecular weight is 607 g/mol. The second-order valence-electron chi connectivity index (χ2n) is 8.86. The minimum atomic E-state index is -0.512. The SMILES string of the molecule is Cc1ccc(C(=O)NCc2nnc(SCC(=O)N3CCc4ccccc43)n2-c2ccc(Br)cc2)cc1[N+](=O)[O-]. The van der Waals surface area contributed by atoms with Crippen LogP contribution >= 0.6 is 27.7 Å². The van der Waals surface area contributed by atoms with Gasteiger partial charge in [0.25, 0.3) is 11.6 Å². The minimum Gasteiger partial charge on any atom is -0.345 e. The fourth-order valence-electron chi connectivity index (χ4n) is 4.37. The smallest absolute Gasteiger partial charge is 0.273 e. The summed E-state index contributed by atoms with van der Waals surface area (Å²) >= 11 is 4.72. The van der Waals surface area contributed by atoms with E-state index in [4.69, 9.17) is 0 Å². The number of halogens is 1. The van der Waals surface area contributed by atoms with Gasteiger partial charge in [0.05, 0.1) is 17.2 Å². The van der Waals surface area contributed by atoms with Gasteiger partial charge in [-0.25, -0.2) is 0 Å². The number of rotatable bonds is 8. The van der Waals surface area contributed by atoms with E-state index in [2.05, 4.69) is 31.4 Å². The second kappa shape index (κ2) is 11.4. The van der Waals surface area contributed by atoms with E-state index in [0.29, 0.717) is 23.1 Å². The highest BCUT2D eigenvalue weighted by Crippen LogP contribution is 2.30. The molecule has 39 heavy (non-hydrogen) atoms. The summed E-state index contributed by atoms with van der Waals surface area (Å²) < 4.78 is 2.69. The normalized spacial score (nSPS) is 12.3. The quantitative estimate of drug-likeness (QED) is 0.173. The number of nitro groups is 1. The molecular formula is C27H23BrN6O4S. The van der Waals surface area contributed by atoms with Crippen LogP contribution in [-0.2, 0) is 17.8 Å². The van der Waals surface area contributed by atoms with E-state index >= 15 is 0 Å². The number of nitrogens with one attached hydrogen (secondary N) is 1. The van der Waals surface area contributed by atoms with Crippen LogP contribution in [-0.4, -0.2) is 43.8 Å². The highest BCUT2D eigenvalue weighted by Gasteiger charge is 2.25. The molecule has 1 N–H and O–H groups in total. The topological polar surface area (TPSA) is 123 Å². The number of amides is 2. The number of hydrogen-bond donors (Lipinski definition) is 1. The third-order valence-electron chi connectivity index (χ3n) is 6.37. The monoisotopic (exact) mass is 606 g/mol. The van der Waals surface area contributed by atoms with Crippen molar-refractivity contribution in [1.82, 2.24) is 20.1 Å². The number of nitrogens with zero attached hydrogens (tertiary/aromatic N) is 5. The maximum atomic E-state index is 13.1. The third kappa shape index (κ3) is 5.71. The van der Waals surface area contributed by atoms with Gasteiger partial charge in [-0.05, 0) is 55.3 Å². The molecule has 0 radical (unpaired) electrons. The Morgan fingerprint density at radius 1 is 1.10 bits per heavy atom. The molecule has 0 unspecified atom stereocenters. The minimum absolute atomic E-state index is 0.0221.